The number of carbonyl (C=O) groups is 2. The molecule has 7 rings (SSSR count). The molecule has 2 heterocycles. The Morgan fingerprint density at radius 1 is 0.873 bits per heavy atom. The molecule has 376 valence electrons. The van der Waals surface area contributed by atoms with E-state index in [0.29, 0.717) is 52.0 Å². The van der Waals surface area contributed by atoms with Gasteiger partial charge in [0.15, 0.2) is 23.0 Å². The Bertz CT molecular complexity index is 2630. The third-order valence-corrected chi connectivity index (χ3v) is 14.4. The number of thioether (sulfide) groups is 1. The van der Waals surface area contributed by atoms with Crippen LogP contribution in [0.15, 0.2) is 92.6 Å². The van der Waals surface area contributed by atoms with Gasteiger partial charge in [-0.3, -0.25) is 9.80 Å². The smallest absolute Gasteiger partial charge is 0.408 e. The SMILES string of the molecule is C=CCOc1c(C)c(OC)c(OCC=C)c2c1C[C@@H](C1c3c(cc(C)c(OC)c3OCC=C)CCN1C)N(CC#N)[C@H]2COC(=O)[C@@H](CSCC1c2ccccc2-c2ccccc21)NC(=O)OC(C)(C)C. The van der Waals surface area contributed by atoms with Crippen LogP contribution in [0.25, 0.3) is 11.1 Å². The van der Waals surface area contributed by atoms with E-state index in [1.165, 1.54) is 22.3 Å². The molecule has 0 radical (unpaired) electrons. The van der Waals surface area contributed by atoms with Crippen LogP contribution < -0.4 is 29.0 Å². The fourth-order valence-corrected chi connectivity index (χ4v) is 11.7. The van der Waals surface area contributed by atoms with Crippen LogP contribution in [0.4, 0.5) is 4.79 Å². The fraction of sp³-hybridized carbons (Fsp3) is 0.421. The van der Waals surface area contributed by atoms with Gasteiger partial charge in [-0.1, -0.05) is 92.6 Å². The summed E-state index contributed by atoms with van der Waals surface area (Å²) in [6, 6.07) is 18.7. The zero-order chi connectivity index (χ0) is 51.0. The summed E-state index contributed by atoms with van der Waals surface area (Å²) in [6.07, 6.45) is 5.45. The number of likely N-dealkylation sites (N-methyl/N-ethyl adjacent to an activating group) is 1. The molecule has 13 nitrogen and oxygen atoms in total. The number of fused-ring (bicyclic) bond motifs is 5. The lowest BCUT2D eigenvalue weighted by Crippen LogP contribution is -2.54. The third kappa shape index (κ3) is 11.1. The minimum atomic E-state index is -1.10. The molecule has 71 heavy (non-hydrogen) atoms. The third-order valence-electron chi connectivity index (χ3n) is 13.3. The van der Waals surface area contributed by atoms with Gasteiger partial charge in [-0.15, -0.1) is 0 Å². The number of nitrogens with zero attached hydrogens (tertiary/aromatic N) is 3. The van der Waals surface area contributed by atoms with Crippen molar-refractivity contribution < 1.29 is 42.7 Å². The Hall–Kier alpha value is -6.40. The molecular weight excluding hydrogens is 917 g/mol. The highest BCUT2D eigenvalue weighted by molar-refractivity contribution is 7.99. The molecule has 4 atom stereocenters. The number of esters is 1. The molecule has 1 aliphatic carbocycles. The molecule has 4 aromatic carbocycles. The number of hydrogen-bond donors (Lipinski definition) is 1. The summed E-state index contributed by atoms with van der Waals surface area (Å²) >= 11 is 1.56. The first-order valence-electron chi connectivity index (χ1n) is 24.1. The summed E-state index contributed by atoms with van der Waals surface area (Å²) in [7, 11) is 5.29. The fourth-order valence-electron chi connectivity index (χ4n) is 10.5. The van der Waals surface area contributed by atoms with Crippen LogP contribution in [0.2, 0.25) is 0 Å². The lowest BCUT2D eigenvalue weighted by molar-refractivity contribution is -0.148. The average molecular weight is 985 g/mol. The second kappa shape index (κ2) is 23.2. The Morgan fingerprint density at radius 3 is 2.04 bits per heavy atom. The first-order chi connectivity index (χ1) is 34.2. The number of ether oxygens (including phenoxy) is 7. The molecular formula is C57H68N4O9S. The molecule has 0 aromatic heterocycles. The molecule has 1 amide bonds. The number of aryl methyl sites for hydroxylation is 1. The van der Waals surface area contributed by atoms with E-state index in [-0.39, 0.29) is 50.7 Å². The minimum absolute atomic E-state index is 0.0580. The average Bonchev–Trinajstić information content (AvgIpc) is 3.66. The summed E-state index contributed by atoms with van der Waals surface area (Å²) in [5, 5.41) is 13.7. The van der Waals surface area contributed by atoms with Crippen molar-refractivity contribution in [1.82, 2.24) is 15.1 Å². The number of alkyl carbamates (subject to hydrolysis) is 1. The van der Waals surface area contributed by atoms with Crippen LogP contribution in [0.3, 0.4) is 0 Å². The predicted molar refractivity (Wildman–Crippen MR) is 279 cm³/mol. The summed E-state index contributed by atoms with van der Waals surface area (Å²) in [6.45, 7) is 22.1. The van der Waals surface area contributed by atoms with Crippen LogP contribution in [0.1, 0.15) is 83.3 Å². The van der Waals surface area contributed by atoms with E-state index >= 15 is 0 Å². The Morgan fingerprint density at radius 2 is 1.46 bits per heavy atom. The number of nitrogens with one attached hydrogen (secondary N) is 1. The monoisotopic (exact) mass is 984 g/mol. The quantitative estimate of drug-likeness (QED) is 0.0482. The molecule has 1 N–H and O–H groups in total. The van der Waals surface area contributed by atoms with Crippen LogP contribution >= 0.6 is 11.8 Å². The van der Waals surface area contributed by atoms with Gasteiger partial charge in [0.1, 0.15) is 43.8 Å². The van der Waals surface area contributed by atoms with E-state index in [9.17, 15) is 14.9 Å². The highest BCUT2D eigenvalue weighted by Crippen LogP contribution is 2.55. The van der Waals surface area contributed by atoms with Gasteiger partial charge in [0.05, 0.1) is 38.9 Å². The van der Waals surface area contributed by atoms with Gasteiger partial charge >= 0.3 is 12.1 Å². The van der Waals surface area contributed by atoms with Crippen molar-refractivity contribution in [3.05, 3.63) is 137 Å². The normalized spacial score (nSPS) is 17.8. The van der Waals surface area contributed by atoms with Gasteiger partial charge in [-0.25, -0.2) is 9.59 Å². The molecule has 3 aliphatic rings. The number of amides is 1. The molecule has 0 saturated heterocycles. The largest absolute Gasteiger partial charge is 0.493 e. The second-order valence-corrected chi connectivity index (χ2v) is 20.1. The number of carbonyl (C=O) groups excluding carboxylic acids is 2. The highest BCUT2D eigenvalue weighted by atomic mass is 32.2. The van der Waals surface area contributed by atoms with Crippen molar-refractivity contribution >= 4 is 23.8 Å². The van der Waals surface area contributed by atoms with Crippen LogP contribution in [0.5, 0.6) is 28.7 Å². The van der Waals surface area contributed by atoms with Gasteiger partial charge in [0.2, 0.25) is 0 Å². The van der Waals surface area contributed by atoms with E-state index in [0.717, 1.165) is 35.2 Å². The van der Waals surface area contributed by atoms with E-state index in [1.807, 2.05) is 38.1 Å². The Kier molecular flexibility index (Phi) is 17.1. The molecule has 1 unspecified atom stereocenters. The number of nitriles is 1. The van der Waals surface area contributed by atoms with Crippen molar-refractivity contribution in [2.75, 3.05) is 72.3 Å². The van der Waals surface area contributed by atoms with Crippen molar-refractivity contribution in [2.24, 2.45) is 0 Å². The van der Waals surface area contributed by atoms with Crippen LogP contribution in [-0.4, -0.2) is 112 Å². The molecule has 2 aliphatic heterocycles. The molecule has 0 saturated carbocycles. The highest BCUT2D eigenvalue weighted by Gasteiger charge is 2.48. The molecule has 0 bridgehead atoms. The Labute approximate surface area is 423 Å². The van der Waals surface area contributed by atoms with E-state index in [1.54, 1.807) is 65.0 Å². The van der Waals surface area contributed by atoms with Gasteiger partial charge in [-0.2, -0.15) is 17.0 Å². The van der Waals surface area contributed by atoms with E-state index in [2.05, 4.69) is 78.3 Å². The first kappa shape index (κ1) is 52.4. The van der Waals surface area contributed by atoms with E-state index < -0.39 is 35.8 Å². The standard InChI is InChI=1S/C57H68N4O9S/c1-12-27-66-51-36(5)52(65-11)54(68-29-14-3)48-42(51)31-45(49-47-37(23-25-60(49)9)30-35(4)50(64-10)53(47)67-28-13-2)61(26-24-58)46(48)32-69-55(62)44(59-56(63)70-57(6,7)8)34-71-33-43-40-21-17-15-19-38(40)39-20-16-18-22-41(39)43/h12-22,30,43-46,49H,1-3,23,25-29,31-34H2,4-11H3,(H,59,63)/t44-,45+,46+,49?/m1/s1. The number of benzene rings is 4. The number of hydrogen-bond acceptors (Lipinski definition) is 13. The van der Waals surface area contributed by atoms with Crippen molar-refractivity contribution in [3.63, 3.8) is 0 Å². The maximum Gasteiger partial charge on any atom is 0.408 e. The summed E-state index contributed by atoms with van der Waals surface area (Å²) in [5.41, 5.74) is 9.20. The van der Waals surface area contributed by atoms with Gasteiger partial charge in [0.25, 0.3) is 0 Å². The first-order valence-corrected chi connectivity index (χ1v) is 25.3. The molecule has 14 heteroatoms. The van der Waals surface area contributed by atoms with Crippen molar-refractivity contribution in [3.8, 4) is 45.9 Å². The minimum Gasteiger partial charge on any atom is -0.493 e. The second-order valence-electron chi connectivity index (χ2n) is 19.0. The van der Waals surface area contributed by atoms with Gasteiger partial charge in [-0.05, 0) is 87.9 Å². The van der Waals surface area contributed by atoms with Crippen molar-refractivity contribution in [2.45, 2.75) is 83.1 Å². The maximum absolute atomic E-state index is 14.8. The Balaban J connectivity index is 1.32. The van der Waals surface area contributed by atoms with Crippen molar-refractivity contribution in [1.29, 1.82) is 5.26 Å². The van der Waals surface area contributed by atoms with Crippen LogP contribution in [0, 0.1) is 25.2 Å². The van der Waals surface area contributed by atoms with Gasteiger partial charge < -0.3 is 38.5 Å². The molecule has 4 aromatic rings. The predicted octanol–water partition coefficient (Wildman–Crippen LogP) is 10.0. The number of methoxy groups -OCH3 is 2. The summed E-state index contributed by atoms with van der Waals surface area (Å²) in [5.74, 6) is 2.96. The molecule has 0 spiro atoms. The lowest BCUT2D eigenvalue weighted by atomic mass is 9.78. The zero-order valence-corrected chi connectivity index (χ0v) is 43.2. The molecule has 0 fully saturated rings. The van der Waals surface area contributed by atoms with Gasteiger partial charge in [0, 0.05) is 52.3 Å². The summed E-state index contributed by atoms with van der Waals surface area (Å²) in [4.78, 5) is 32.7. The van der Waals surface area contributed by atoms with Crippen LogP contribution in [-0.2, 0) is 27.1 Å². The number of rotatable bonds is 21. The zero-order valence-electron chi connectivity index (χ0n) is 42.4. The lowest BCUT2D eigenvalue weighted by Gasteiger charge is -2.50. The maximum atomic E-state index is 14.8. The summed E-state index contributed by atoms with van der Waals surface area (Å²) < 4.78 is 43.9. The topological polar surface area (TPSA) is 141 Å². The van der Waals surface area contributed by atoms with E-state index in [4.69, 9.17) is 33.2 Å².